The SMILES string of the molecule is O=C(NCc1nc2c(c(=O)[nH]1)COCC2)NC1CCCOc2cc(F)ccc21. The van der Waals surface area contributed by atoms with Gasteiger partial charge in [0.15, 0.2) is 0 Å². The topological polar surface area (TPSA) is 105 Å². The lowest BCUT2D eigenvalue weighted by Crippen LogP contribution is -2.38. The molecule has 9 heteroatoms. The summed E-state index contributed by atoms with van der Waals surface area (Å²) < 4.78 is 24.3. The molecule has 0 spiro atoms. The minimum atomic E-state index is -0.397. The lowest BCUT2D eigenvalue weighted by atomic mass is 10.0. The summed E-state index contributed by atoms with van der Waals surface area (Å²) in [4.78, 5) is 31.6. The van der Waals surface area contributed by atoms with Gasteiger partial charge in [0.25, 0.3) is 5.56 Å². The number of nitrogens with zero attached hydrogens (tertiary/aromatic N) is 1. The molecular formula is C19H21FN4O4. The third-order valence-electron chi connectivity index (χ3n) is 4.85. The molecule has 8 nitrogen and oxygen atoms in total. The van der Waals surface area contributed by atoms with E-state index in [1.807, 2.05) is 0 Å². The number of carbonyl (C=O) groups excluding carboxylic acids is 1. The molecule has 0 saturated heterocycles. The smallest absolute Gasteiger partial charge is 0.315 e. The van der Waals surface area contributed by atoms with E-state index in [1.54, 1.807) is 6.07 Å². The number of amides is 2. The van der Waals surface area contributed by atoms with Crippen LogP contribution in [0.1, 0.15) is 41.5 Å². The third kappa shape index (κ3) is 3.99. The minimum Gasteiger partial charge on any atom is -0.493 e. The Kier molecular flexibility index (Phi) is 5.25. The van der Waals surface area contributed by atoms with E-state index in [0.717, 1.165) is 12.0 Å². The van der Waals surface area contributed by atoms with Crippen molar-refractivity contribution >= 4 is 6.03 Å². The summed E-state index contributed by atoms with van der Waals surface area (Å²) in [7, 11) is 0. The average Bonchev–Trinajstić information content (AvgIpc) is 2.88. The minimum absolute atomic E-state index is 0.0920. The van der Waals surface area contributed by atoms with Gasteiger partial charge in [-0.3, -0.25) is 4.79 Å². The van der Waals surface area contributed by atoms with Crippen LogP contribution in [-0.2, 0) is 24.3 Å². The van der Waals surface area contributed by atoms with Gasteiger partial charge in [-0.25, -0.2) is 14.2 Å². The zero-order valence-electron chi connectivity index (χ0n) is 15.2. The van der Waals surface area contributed by atoms with Crippen LogP contribution in [0.5, 0.6) is 5.75 Å². The molecule has 4 rings (SSSR count). The first-order valence-corrected chi connectivity index (χ1v) is 9.25. The zero-order chi connectivity index (χ0) is 19.5. The Bertz CT molecular complexity index is 946. The zero-order valence-corrected chi connectivity index (χ0v) is 15.2. The van der Waals surface area contributed by atoms with Gasteiger partial charge in [0.05, 0.1) is 43.7 Å². The maximum absolute atomic E-state index is 13.5. The standard InChI is InChI=1S/C19H21FN4O4/c20-11-3-4-12-14(2-1-6-28-16(12)8-11)23-19(26)21-9-17-22-15-5-7-27-10-13(15)18(25)24-17/h3-4,8,14H,1-2,5-7,9-10H2,(H2,21,23,26)(H,22,24,25). The highest BCUT2D eigenvalue weighted by molar-refractivity contribution is 5.74. The van der Waals surface area contributed by atoms with Crippen molar-refractivity contribution in [2.45, 2.75) is 38.5 Å². The van der Waals surface area contributed by atoms with Gasteiger partial charge in [-0.1, -0.05) is 6.07 Å². The van der Waals surface area contributed by atoms with Crippen molar-refractivity contribution in [3.63, 3.8) is 0 Å². The highest BCUT2D eigenvalue weighted by Crippen LogP contribution is 2.31. The molecule has 0 bridgehead atoms. The molecule has 1 unspecified atom stereocenters. The van der Waals surface area contributed by atoms with Crippen molar-refractivity contribution in [1.29, 1.82) is 0 Å². The number of hydrogen-bond acceptors (Lipinski definition) is 5. The number of fused-ring (bicyclic) bond motifs is 2. The number of ether oxygens (including phenoxy) is 2. The van der Waals surface area contributed by atoms with Crippen LogP contribution < -0.4 is 20.9 Å². The van der Waals surface area contributed by atoms with Gasteiger partial charge in [0.1, 0.15) is 17.4 Å². The summed E-state index contributed by atoms with van der Waals surface area (Å²) in [6.07, 6.45) is 2.00. The number of nitrogens with one attached hydrogen (secondary N) is 3. The molecule has 0 fully saturated rings. The second kappa shape index (κ2) is 7.97. The molecule has 1 atom stereocenters. The second-order valence-electron chi connectivity index (χ2n) is 6.79. The van der Waals surface area contributed by atoms with Crippen molar-refractivity contribution in [2.75, 3.05) is 13.2 Å². The van der Waals surface area contributed by atoms with Crippen LogP contribution in [0.25, 0.3) is 0 Å². The molecule has 148 valence electrons. The Balaban J connectivity index is 1.41. The van der Waals surface area contributed by atoms with Gasteiger partial charge < -0.3 is 25.1 Å². The average molecular weight is 388 g/mol. The fraction of sp³-hybridized carbons (Fsp3) is 0.421. The third-order valence-corrected chi connectivity index (χ3v) is 4.85. The summed E-state index contributed by atoms with van der Waals surface area (Å²) in [5.41, 5.74) is 1.76. The first-order chi connectivity index (χ1) is 13.6. The summed E-state index contributed by atoms with van der Waals surface area (Å²) in [5.74, 6) is 0.467. The fourth-order valence-electron chi connectivity index (χ4n) is 3.45. The van der Waals surface area contributed by atoms with Crippen molar-refractivity contribution in [3.8, 4) is 5.75 Å². The van der Waals surface area contributed by atoms with Crippen molar-refractivity contribution in [3.05, 3.63) is 57.0 Å². The van der Waals surface area contributed by atoms with Crippen LogP contribution in [0.4, 0.5) is 9.18 Å². The number of aromatic amines is 1. The molecule has 3 N–H and O–H groups in total. The lowest BCUT2D eigenvalue weighted by molar-refractivity contribution is 0.108. The van der Waals surface area contributed by atoms with Crippen LogP contribution in [0.15, 0.2) is 23.0 Å². The molecule has 2 amide bonds. The molecule has 0 saturated carbocycles. The number of urea groups is 1. The Morgan fingerprint density at radius 3 is 3.14 bits per heavy atom. The van der Waals surface area contributed by atoms with Crippen LogP contribution in [0, 0.1) is 5.82 Å². The molecule has 28 heavy (non-hydrogen) atoms. The van der Waals surface area contributed by atoms with Crippen LogP contribution in [0.2, 0.25) is 0 Å². The molecule has 0 radical (unpaired) electrons. The largest absolute Gasteiger partial charge is 0.493 e. The highest BCUT2D eigenvalue weighted by atomic mass is 19.1. The Hall–Kier alpha value is -2.94. The monoisotopic (exact) mass is 388 g/mol. The van der Waals surface area contributed by atoms with E-state index in [2.05, 4.69) is 20.6 Å². The summed E-state index contributed by atoms with van der Waals surface area (Å²) >= 11 is 0. The first-order valence-electron chi connectivity index (χ1n) is 9.25. The number of H-pyrrole nitrogens is 1. The second-order valence-corrected chi connectivity index (χ2v) is 6.79. The van der Waals surface area contributed by atoms with E-state index in [0.29, 0.717) is 48.9 Å². The quantitative estimate of drug-likeness (QED) is 0.742. The number of benzene rings is 1. The maximum atomic E-state index is 13.5. The number of halogens is 1. The molecule has 2 aliphatic rings. The van der Waals surface area contributed by atoms with Gasteiger partial charge in [0, 0.05) is 18.1 Å². The van der Waals surface area contributed by atoms with Crippen LogP contribution in [-0.4, -0.2) is 29.2 Å². The summed E-state index contributed by atoms with van der Waals surface area (Å²) in [6, 6.07) is 3.63. The maximum Gasteiger partial charge on any atom is 0.315 e. The summed E-state index contributed by atoms with van der Waals surface area (Å²) in [5, 5.41) is 5.60. The fourth-order valence-corrected chi connectivity index (χ4v) is 3.45. The van der Waals surface area contributed by atoms with E-state index in [1.165, 1.54) is 12.1 Å². The molecule has 3 heterocycles. The van der Waals surface area contributed by atoms with Crippen LogP contribution in [0.3, 0.4) is 0 Å². The predicted octanol–water partition coefficient (Wildman–Crippen LogP) is 1.69. The normalized spacial score (nSPS) is 18.2. The van der Waals surface area contributed by atoms with Crippen molar-refractivity contribution in [1.82, 2.24) is 20.6 Å². The molecule has 0 aliphatic carbocycles. The van der Waals surface area contributed by atoms with E-state index in [9.17, 15) is 14.0 Å². The van der Waals surface area contributed by atoms with Gasteiger partial charge in [-0.15, -0.1) is 0 Å². The Morgan fingerprint density at radius 2 is 2.25 bits per heavy atom. The van der Waals surface area contributed by atoms with Gasteiger partial charge in [0.2, 0.25) is 0 Å². The highest BCUT2D eigenvalue weighted by Gasteiger charge is 2.22. The Labute approximate surface area is 160 Å². The van der Waals surface area contributed by atoms with E-state index in [4.69, 9.17) is 9.47 Å². The number of carbonyl (C=O) groups is 1. The Morgan fingerprint density at radius 1 is 1.36 bits per heavy atom. The van der Waals surface area contributed by atoms with Crippen LogP contribution >= 0.6 is 0 Å². The first kappa shape index (κ1) is 18.4. The van der Waals surface area contributed by atoms with Gasteiger partial charge in [-0.05, 0) is 18.9 Å². The van der Waals surface area contributed by atoms with Gasteiger partial charge in [-0.2, -0.15) is 0 Å². The van der Waals surface area contributed by atoms with E-state index in [-0.39, 0.29) is 30.6 Å². The van der Waals surface area contributed by atoms with Crippen molar-refractivity contribution in [2.24, 2.45) is 0 Å². The van der Waals surface area contributed by atoms with E-state index >= 15 is 0 Å². The molecule has 1 aromatic carbocycles. The number of aromatic nitrogens is 2. The number of rotatable bonds is 3. The number of hydrogen-bond donors (Lipinski definition) is 3. The molecule has 2 aliphatic heterocycles. The van der Waals surface area contributed by atoms with Gasteiger partial charge >= 0.3 is 6.03 Å². The van der Waals surface area contributed by atoms with Crippen molar-refractivity contribution < 1.29 is 18.7 Å². The molecular weight excluding hydrogens is 367 g/mol. The predicted molar refractivity (Wildman–Crippen MR) is 97.5 cm³/mol. The molecule has 1 aromatic heterocycles. The summed E-state index contributed by atoms with van der Waals surface area (Å²) in [6.45, 7) is 1.35. The molecule has 2 aromatic rings. The lowest BCUT2D eigenvalue weighted by Gasteiger charge is -2.19. The van der Waals surface area contributed by atoms with E-state index < -0.39 is 6.03 Å².